The maximum absolute atomic E-state index is 13.1. The lowest BCUT2D eigenvalue weighted by Crippen LogP contribution is -2.51. The van der Waals surface area contributed by atoms with E-state index in [0.29, 0.717) is 12.8 Å². The lowest BCUT2D eigenvalue weighted by atomic mass is 9.91. The molecule has 0 aliphatic heterocycles. The molecule has 0 aromatic heterocycles. The molecule has 2 atom stereocenters. The van der Waals surface area contributed by atoms with Gasteiger partial charge >= 0.3 is 5.97 Å². The van der Waals surface area contributed by atoms with Gasteiger partial charge in [0, 0.05) is 12.3 Å². The van der Waals surface area contributed by atoms with Gasteiger partial charge in [-0.2, -0.15) is 0 Å². The second kappa shape index (κ2) is 11.1. The number of amides is 1. The Balaban J connectivity index is 1.75. The molecule has 5 nitrogen and oxygen atoms in total. The number of carboxylic acid groups (broad SMARTS) is 1. The third-order valence-electron chi connectivity index (χ3n) is 5.26. The average molecular weight is 418 g/mol. The van der Waals surface area contributed by atoms with Crippen molar-refractivity contribution in [3.8, 4) is 0 Å². The summed E-state index contributed by atoms with van der Waals surface area (Å²) in [5.74, 6) is -2.10. The van der Waals surface area contributed by atoms with Crippen LogP contribution in [-0.4, -0.2) is 34.2 Å². The molecule has 0 saturated carbocycles. The zero-order valence-electron chi connectivity index (χ0n) is 17.2. The van der Waals surface area contributed by atoms with Gasteiger partial charge in [-0.25, -0.2) is 4.79 Å². The Labute approximate surface area is 182 Å². The summed E-state index contributed by atoms with van der Waals surface area (Å²) in [5, 5.41) is 22.8. The van der Waals surface area contributed by atoms with Crippen LogP contribution in [0, 0.1) is 5.92 Å². The fraction of sp³-hybridized carbons (Fsp3) is 0.231. The minimum atomic E-state index is -1.39. The number of nitrogens with one attached hydrogen (secondary N) is 1. The molecule has 0 heterocycles. The lowest BCUT2D eigenvalue weighted by Gasteiger charge is -2.24. The van der Waals surface area contributed by atoms with Crippen molar-refractivity contribution in [2.45, 2.75) is 31.4 Å². The fourth-order valence-electron chi connectivity index (χ4n) is 3.62. The molecule has 1 amide bonds. The summed E-state index contributed by atoms with van der Waals surface area (Å²) < 4.78 is 0. The van der Waals surface area contributed by atoms with Crippen LogP contribution in [0.2, 0.25) is 0 Å². The maximum Gasteiger partial charge on any atom is 0.328 e. The van der Waals surface area contributed by atoms with Crippen molar-refractivity contribution in [2.24, 2.45) is 5.92 Å². The summed E-state index contributed by atoms with van der Waals surface area (Å²) in [6.45, 7) is 0. The largest absolute Gasteiger partial charge is 0.480 e. The van der Waals surface area contributed by atoms with E-state index in [1.807, 2.05) is 91.0 Å². The molecule has 0 spiro atoms. The standard InChI is InChI=1S/C26H27NO4/c28-23(18-21-14-8-3-9-15-21)24(26(30)31)27-25(29)22(16-19-10-4-1-5-11-19)17-20-12-6-2-7-13-20/h1-15,22-24,28H,16-18H2,(H,27,29)(H,30,31)/t23-,24+/m0/s1. The monoisotopic (exact) mass is 417 g/mol. The first-order chi connectivity index (χ1) is 15.0. The summed E-state index contributed by atoms with van der Waals surface area (Å²) in [7, 11) is 0. The van der Waals surface area contributed by atoms with Crippen molar-refractivity contribution >= 4 is 11.9 Å². The lowest BCUT2D eigenvalue weighted by molar-refractivity contribution is -0.145. The first kappa shape index (κ1) is 22.2. The number of hydrogen-bond donors (Lipinski definition) is 3. The van der Waals surface area contributed by atoms with E-state index in [4.69, 9.17) is 0 Å². The van der Waals surface area contributed by atoms with E-state index in [2.05, 4.69) is 5.32 Å². The first-order valence-corrected chi connectivity index (χ1v) is 10.4. The Morgan fingerprint density at radius 1 is 0.677 bits per heavy atom. The van der Waals surface area contributed by atoms with Crippen LogP contribution < -0.4 is 5.32 Å². The van der Waals surface area contributed by atoms with Crippen molar-refractivity contribution in [1.82, 2.24) is 5.32 Å². The number of carboxylic acids is 1. The van der Waals surface area contributed by atoms with Crippen LogP contribution in [0.1, 0.15) is 16.7 Å². The van der Waals surface area contributed by atoms with E-state index in [9.17, 15) is 19.8 Å². The van der Waals surface area contributed by atoms with Gasteiger partial charge in [0.2, 0.25) is 5.91 Å². The first-order valence-electron chi connectivity index (χ1n) is 10.4. The number of benzene rings is 3. The number of carbonyl (C=O) groups is 2. The molecule has 3 aromatic carbocycles. The highest BCUT2D eigenvalue weighted by atomic mass is 16.4. The predicted octanol–water partition coefficient (Wildman–Crippen LogP) is 3.26. The molecule has 0 fully saturated rings. The van der Waals surface area contributed by atoms with E-state index in [1.54, 1.807) is 0 Å². The molecule has 0 bridgehead atoms. The molecule has 0 aliphatic rings. The second-order valence-electron chi connectivity index (χ2n) is 7.66. The van der Waals surface area contributed by atoms with Crippen LogP contribution in [0.4, 0.5) is 0 Å². The van der Waals surface area contributed by atoms with Crippen molar-refractivity contribution in [3.05, 3.63) is 108 Å². The fourth-order valence-corrected chi connectivity index (χ4v) is 3.62. The summed E-state index contributed by atoms with van der Waals surface area (Å²) in [4.78, 5) is 25.0. The Bertz CT molecular complexity index is 919. The molecule has 0 aliphatic carbocycles. The van der Waals surface area contributed by atoms with Crippen LogP contribution >= 0.6 is 0 Å². The Morgan fingerprint density at radius 3 is 1.45 bits per heavy atom. The zero-order chi connectivity index (χ0) is 22.1. The number of aliphatic hydroxyl groups excluding tert-OH is 1. The number of aliphatic carboxylic acids is 1. The zero-order valence-corrected chi connectivity index (χ0v) is 17.2. The molecular weight excluding hydrogens is 390 g/mol. The average Bonchev–Trinajstić information content (AvgIpc) is 2.78. The minimum absolute atomic E-state index is 0.139. The van der Waals surface area contributed by atoms with E-state index in [0.717, 1.165) is 16.7 Å². The van der Waals surface area contributed by atoms with Gasteiger partial charge in [0.15, 0.2) is 6.04 Å². The van der Waals surface area contributed by atoms with Crippen molar-refractivity contribution in [2.75, 3.05) is 0 Å². The van der Waals surface area contributed by atoms with E-state index in [1.165, 1.54) is 0 Å². The van der Waals surface area contributed by atoms with Gasteiger partial charge in [0.05, 0.1) is 6.10 Å². The van der Waals surface area contributed by atoms with Gasteiger partial charge in [-0.1, -0.05) is 91.0 Å². The topological polar surface area (TPSA) is 86.6 Å². The second-order valence-corrected chi connectivity index (χ2v) is 7.66. The van der Waals surface area contributed by atoms with E-state index < -0.39 is 24.0 Å². The Kier molecular flexibility index (Phi) is 7.96. The van der Waals surface area contributed by atoms with Crippen LogP contribution in [0.3, 0.4) is 0 Å². The van der Waals surface area contributed by atoms with Gasteiger partial charge < -0.3 is 15.5 Å². The van der Waals surface area contributed by atoms with Gasteiger partial charge in [-0.05, 0) is 29.5 Å². The molecule has 3 rings (SSSR count). The number of carbonyl (C=O) groups excluding carboxylic acids is 1. The predicted molar refractivity (Wildman–Crippen MR) is 120 cm³/mol. The van der Waals surface area contributed by atoms with Crippen LogP contribution in [0.5, 0.6) is 0 Å². The summed E-state index contributed by atoms with van der Waals surface area (Å²) in [6.07, 6.45) is -0.149. The van der Waals surface area contributed by atoms with Gasteiger partial charge in [-0.3, -0.25) is 4.79 Å². The third-order valence-corrected chi connectivity index (χ3v) is 5.26. The molecule has 0 radical (unpaired) electrons. The Morgan fingerprint density at radius 2 is 1.06 bits per heavy atom. The normalized spacial score (nSPS) is 12.8. The Hall–Kier alpha value is -3.44. The van der Waals surface area contributed by atoms with Crippen LogP contribution in [0.25, 0.3) is 0 Å². The van der Waals surface area contributed by atoms with Crippen molar-refractivity contribution in [1.29, 1.82) is 0 Å². The molecule has 0 saturated heterocycles. The van der Waals surface area contributed by atoms with Gasteiger partial charge in [0.1, 0.15) is 0 Å². The number of rotatable bonds is 10. The maximum atomic E-state index is 13.1. The summed E-state index contributed by atoms with van der Waals surface area (Å²) >= 11 is 0. The number of hydrogen-bond acceptors (Lipinski definition) is 3. The van der Waals surface area contributed by atoms with Gasteiger partial charge in [-0.15, -0.1) is 0 Å². The summed E-state index contributed by atoms with van der Waals surface area (Å²) in [5.41, 5.74) is 2.80. The number of aliphatic hydroxyl groups is 1. The highest BCUT2D eigenvalue weighted by Gasteiger charge is 2.31. The molecule has 5 heteroatoms. The molecule has 31 heavy (non-hydrogen) atoms. The summed E-state index contributed by atoms with van der Waals surface area (Å²) in [6, 6.07) is 27.0. The molecule has 3 N–H and O–H groups in total. The van der Waals surface area contributed by atoms with Gasteiger partial charge in [0.25, 0.3) is 0 Å². The molecule has 160 valence electrons. The quantitative estimate of drug-likeness (QED) is 0.473. The van der Waals surface area contributed by atoms with Crippen LogP contribution in [-0.2, 0) is 28.9 Å². The van der Waals surface area contributed by atoms with E-state index in [-0.39, 0.29) is 12.3 Å². The third kappa shape index (κ3) is 6.79. The van der Waals surface area contributed by atoms with Crippen LogP contribution in [0.15, 0.2) is 91.0 Å². The van der Waals surface area contributed by atoms with Crippen molar-refractivity contribution < 1.29 is 19.8 Å². The highest BCUT2D eigenvalue weighted by Crippen LogP contribution is 2.16. The molecular formula is C26H27NO4. The van der Waals surface area contributed by atoms with Crippen molar-refractivity contribution in [3.63, 3.8) is 0 Å². The molecule has 3 aromatic rings. The highest BCUT2D eigenvalue weighted by molar-refractivity contribution is 5.85. The SMILES string of the molecule is O=C(N[C@@H](C(=O)O)[C@@H](O)Cc1ccccc1)C(Cc1ccccc1)Cc1ccccc1. The smallest absolute Gasteiger partial charge is 0.328 e. The van der Waals surface area contributed by atoms with E-state index >= 15 is 0 Å². The molecule has 0 unspecified atom stereocenters. The minimum Gasteiger partial charge on any atom is -0.480 e.